The van der Waals surface area contributed by atoms with E-state index in [0.29, 0.717) is 24.1 Å². The van der Waals surface area contributed by atoms with E-state index in [1.165, 1.54) is 0 Å². The molecule has 1 aliphatic rings. The van der Waals surface area contributed by atoms with Crippen molar-refractivity contribution in [2.24, 2.45) is 23.5 Å². The van der Waals surface area contributed by atoms with Crippen LogP contribution in [0.3, 0.4) is 0 Å². The Morgan fingerprint density at radius 1 is 1.32 bits per heavy atom. The summed E-state index contributed by atoms with van der Waals surface area (Å²) in [6.07, 6.45) is 0.725. The van der Waals surface area contributed by atoms with Gasteiger partial charge in [0, 0.05) is 30.8 Å². The first-order valence-corrected chi connectivity index (χ1v) is 9.45. The number of nitrogens with zero attached hydrogens (tertiary/aromatic N) is 2. The van der Waals surface area contributed by atoms with Gasteiger partial charge in [-0.25, -0.2) is 18.6 Å². The van der Waals surface area contributed by atoms with Gasteiger partial charge in [0.15, 0.2) is 5.96 Å². The van der Waals surface area contributed by atoms with Crippen LogP contribution in [0.4, 0.5) is 8.78 Å². The Kier molecular flexibility index (Phi) is 5.58. The Morgan fingerprint density at radius 3 is 2.61 bits per heavy atom. The number of benzene rings is 1. The first-order chi connectivity index (χ1) is 13.2. The average Bonchev–Trinajstić information content (AvgIpc) is 2.92. The maximum atomic E-state index is 13.5. The first kappa shape index (κ1) is 20.1. The van der Waals surface area contributed by atoms with Crippen LogP contribution in [0.25, 0.3) is 10.9 Å². The van der Waals surface area contributed by atoms with Gasteiger partial charge in [-0.05, 0) is 37.3 Å². The summed E-state index contributed by atoms with van der Waals surface area (Å²) in [7, 11) is 1.83. The highest BCUT2D eigenvalue weighted by molar-refractivity contribution is 6.06. The van der Waals surface area contributed by atoms with Crippen molar-refractivity contribution in [3.8, 4) is 0 Å². The number of aliphatic imine (C=N–C) groups is 1. The fourth-order valence-corrected chi connectivity index (χ4v) is 3.92. The van der Waals surface area contributed by atoms with E-state index in [1.54, 1.807) is 6.92 Å². The largest absolute Gasteiger partial charge is 0.462 e. The second-order valence-corrected chi connectivity index (χ2v) is 7.25. The van der Waals surface area contributed by atoms with Gasteiger partial charge in [0.05, 0.1) is 24.4 Å². The van der Waals surface area contributed by atoms with Crippen LogP contribution in [0.1, 0.15) is 60.1 Å². The van der Waals surface area contributed by atoms with Gasteiger partial charge in [0.2, 0.25) is 5.92 Å². The summed E-state index contributed by atoms with van der Waals surface area (Å²) in [4.78, 5) is 16.6. The lowest BCUT2D eigenvalue weighted by Gasteiger charge is -2.28. The average molecular weight is 392 g/mol. The molecule has 28 heavy (non-hydrogen) atoms. The van der Waals surface area contributed by atoms with Crippen LogP contribution in [-0.4, -0.2) is 29.0 Å². The predicted octanol–water partition coefficient (Wildman–Crippen LogP) is 3.42. The molecule has 1 aromatic carbocycles. The van der Waals surface area contributed by atoms with Crippen molar-refractivity contribution in [3.63, 3.8) is 0 Å². The van der Waals surface area contributed by atoms with Crippen molar-refractivity contribution in [3.05, 3.63) is 35.0 Å². The summed E-state index contributed by atoms with van der Waals surface area (Å²) >= 11 is 0. The number of hydrogen-bond donors (Lipinski definition) is 2. The standard InChI is InChI=1S/C20H26F2N4O2/c1-3-28-18(27)17-14-5-4-13(12-6-8-20(21,22)9-7-12)10-15(14)26(2)16(17)11-25-19(23)24/h4-5,10,12H,3,6-9,11H2,1-2H3,(H4,23,24,25). The molecule has 1 aliphatic carbocycles. The molecule has 0 unspecified atom stereocenters. The number of carbonyl (C=O) groups is 1. The maximum Gasteiger partial charge on any atom is 0.340 e. The van der Waals surface area contributed by atoms with Crippen molar-refractivity contribution in [2.45, 2.75) is 51.0 Å². The van der Waals surface area contributed by atoms with Crippen LogP contribution >= 0.6 is 0 Å². The highest BCUT2D eigenvalue weighted by atomic mass is 19.3. The van der Waals surface area contributed by atoms with Gasteiger partial charge in [-0.1, -0.05) is 12.1 Å². The first-order valence-electron chi connectivity index (χ1n) is 9.45. The number of fused-ring (bicyclic) bond motifs is 1. The van der Waals surface area contributed by atoms with Gasteiger partial charge in [0.1, 0.15) is 0 Å². The Labute approximate surface area is 162 Å². The Bertz CT molecular complexity index is 907. The molecule has 8 heteroatoms. The Hall–Kier alpha value is -2.64. The molecule has 0 amide bonds. The summed E-state index contributed by atoms with van der Waals surface area (Å²) in [5, 5.41) is 0.742. The van der Waals surface area contributed by atoms with Gasteiger partial charge < -0.3 is 20.8 Å². The van der Waals surface area contributed by atoms with Gasteiger partial charge in [0.25, 0.3) is 0 Å². The smallest absolute Gasteiger partial charge is 0.340 e. The van der Waals surface area contributed by atoms with E-state index in [0.717, 1.165) is 16.5 Å². The molecule has 0 radical (unpaired) electrons. The van der Waals surface area contributed by atoms with Gasteiger partial charge >= 0.3 is 5.97 Å². The van der Waals surface area contributed by atoms with Crippen molar-refractivity contribution in [1.29, 1.82) is 0 Å². The molecule has 152 valence electrons. The zero-order chi connectivity index (χ0) is 20.5. The molecule has 0 atom stereocenters. The lowest BCUT2D eigenvalue weighted by molar-refractivity contribution is -0.0382. The number of esters is 1. The number of ether oxygens (including phenoxy) is 1. The molecule has 0 spiro atoms. The zero-order valence-electron chi connectivity index (χ0n) is 16.2. The second-order valence-electron chi connectivity index (χ2n) is 7.25. The number of aryl methyl sites for hydroxylation is 1. The summed E-state index contributed by atoms with van der Waals surface area (Å²) in [6, 6.07) is 5.76. The number of alkyl halides is 2. The summed E-state index contributed by atoms with van der Waals surface area (Å²) in [5.41, 5.74) is 13.8. The van der Waals surface area contributed by atoms with Gasteiger partial charge in [-0.2, -0.15) is 0 Å². The van der Waals surface area contributed by atoms with E-state index in [2.05, 4.69) is 4.99 Å². The number of hydrogen-bond acceptors (Lipinski definition) is 3. The summed E-state index contributed by atoms with van der Waals surface area (Å²) in [6.45, 7) is 2.15. The molecule has 4 N–H and O–H groups in total. The Balaban J connectivity index is 2.04. The topological polar surface area (TPSA) is 95.6 Å². The number of guanidine groups is 1. The molecule has 0 saturated heterocycles. The highest BCUT2D eigenvalue weighted by Crippen LogP contribution is 2.41. The monoisotopic (exact) mass is 392 g/mol. The molecular formula is C20H26F2N4O2. The maximum absolute atomic E-state index is 13.5. The SMILES string of the molecule is CCOC(=O)c1c(CN=C(N)N)n(C)c2cc(C3CCC(F)(F)CC3)ccc12. The quantitative estimate of drug-likeness (QED) is 0.463. The van der Waals surface area contributed by atoms with Crippen LogP contribution in [0, 0.1) is 0 Å². The third-order valence-corrected chi connectivity index (χ3v) is 5.43. The number of rotatable bonds is 5. The molecule has 2 aromatic rings. The highest BCUT2D eigenvalue weighted by Gasteiger charge is 2.35. The molecule has 0 bridgehead atoms. The lowest BCUT2D eigenvalue weighted by atomic mass is 9.82. The fraction of sp³-hybridized carbons (Fsp3) is 0.500. The molecular weight excluding hydrogens is 366 g/mol. The Morgan fingerprint density at radius 2 is 2.00 bits per heavy atom. The minimum Gasteiger partial charge on any atom is -0.462 e. The molecule has 3 rings (SSSR count). The van der Waals surface area contributed by atoms with E-state index in [9.17, 15) is 13.6 Å². The summed E-state index contributed by atoms with van der Waals surface area (Å²) in [5.74, 6) is -2.97. The number of aromatic nitrogens is 1. The van der Waals surface area contributed by atoms with Gasteiger partial charge in [-0.3, -0.25) is 0 Å². The minimum absolute atomic E-state index is 0.0658. The zero-order valence-corrected chi connectivity index (χ0v) is 16.2. The molecule has 6 nitrogen and oxygen atoms in total. The van der Waals surface area contributed by atoms with E-state index in [1.807, 2.05) is 29.8 Å². The van der Waals surface area contributed by atoms with Crippen LogP contribution in [0.5, 0.6) is 0 Å². The number of carbonyl (C=O) groups excluding carboxylic acids is 1. The third-order valence-electron chi connectivity index (χ3n) is 5.43. The number of halogens is 2. The second kappa shape index (κ2) is 7.77. The third kappa shape index (κ3) is 3.95. The van der Waals surface area contributed by atoms with E-state index in [4.69, 9.17) is 16.2 Å². The van der Waals surface area contributed by atoms with Crippen LogP contribution in [0.15, 0.2) is 23.2 Å². The van der Waals surface area contributed by atoms with Crippen molar-refractivity contribution >= 4 is 22.8 Å². The van der Waals surface area contributed by atoms with E-state index in [-0.39, 0.29) is 37.9 Å². The normalized spacial score (nSPS) is 16.9. The summed E-state index contributed by atoms with van der Waals surface area (Å²) < 4.78 is 34.1. The lowest BCUT2D eigenvalue weighted by Crippen LogP contribution is -2.23. The van der Waals surface area contributed by atoms with Crippen LogP contribution in [-0.2, 0) is 18.3 Å². The fourth-order valence-electron chi connectivity index (χ4n) is 3.92. The van der Waals surface area contributed by atoms with E-state index >= 15 is 0 Å². The molecule has 1 saturated carbocycles. The van der Waals surface area contributed by atoms with Crippen LogP contribution in [0.2, 0.25) is 0 Å². The van der Waals surface area contributed by atoms with Crippen molar-refractivity contribution < 1.29 is 18.3 Å². The van der Waals surface area contributed by atoms with Crippen molar-refractivity contribution in [2.75, 3.05) is 6.61 Å². The minimum atomic E-state index is -2.56. The molecule has 1 fully saturated rings. The van der Waals surface area contributed by atoms with E-state index < -0.39 is 11.9 Å². The molecule has 1 heterocycles. The van der Waals surface area contributed by atoms with Crippen LogP contribution < -0.4 is 11.5 Å². The molecule has 1 aromatic heterocycles. The van der Waals surface area contributed by atoms with Gasteiger partial charge in [-0.15, -0.1) is 0 Å². The number of nitrogens with two attached hydrogens (primary N) is 2. The van der Waals surface area contributed by atoms with Crippen molar-refractivity contribution in [1.82, 2.24) is 4.57 Å². The predicted molar refractivity (Wildman–Crippen MR) is 105 cm³/mol. The molecule has 0 aliphatic heterocycles.